The largest absolute Gasteiger partial charge is 0.464 e. The van der Waals surface area contributed by atoms with Crippen LogP contribution in [0.4, 0.5) is 4.39 Å². The summed E-state index contributed by atoms with van der Waals surface area (Å²) in [4.78, 5) is 18.6. The van der Waals surface area contributed by atoms with Crippen LogP contribution in [0.2, 0.25) is 0 Å². The second-order valence-electron chi connectivity index (χ2n) is 3.17. The molecule has 0 amide bonds. The number of hydrogen-bond donors (Lipinski definition) is 0. The van der Waals surface area contributed by atoms with Crippen molar-refractivity contribution in [3.05, 3.63) is 29.8 Å². The van der Waals surface area contributed by atoms with E-state index in [-0.39, 0.29) is 5.69 Å². The molecule has 0 fully saturated rings. The van der Waals surface area contributed by atoms with Crippen molar-refractivity contribution >= 4 is 5.97 Å². The summed E-state index contributed by atoms with van der Waals surface area (Å²) in [5.74, 6) is -1.32. The van der Waals surface area contributed by atoms with E-state index in [4.69, 9.17) is 4.52 Å². The lowest BCUT2D eigenvalue weighted by Gasteiger charge is -2.03. The zero-order valence-corrected chi connectivity index (χ0v) is 9.10. The van der Waals surface area contributed by atoms with Crippen molar-refractivity contribution in [1.82, 2.24) is 15.1 Å². The van der Waals surface area contributed by atoms with Crippen molar-refractivity contribution in [3.63, 3.8) is 0 Å². The molecule has 0 spiro atoms. The fraction of sp³-hybridized carbons (Fsp3) is 0.200. The summed E-state index contributed by atoms with van der Waals surface area (Å²) in [6.07, 6.45) is 2.40. The van der Waals surface area contributed by atoms with Crippen LogP contribution in [0.3, 0.4) is 0 Å². The molecule has 0 N–H and O–H groups in total. The number of hydrogen-bond acceptors (Lipinski definition) is 6. The van der Waals surface area contributed by atoms with E-state index in [2.05, 4.69) is 19.9 Å². The second kappa shape index (κ2) is 4.28. The molecule has 2 aromatic rings. The standard InChI is InChI=1S/C10H8FN3O3/c1-5-6(3-14-17-5)8-7(11)9(10(15)16-2)13-4-12-8/h3-4H,1-2H3. The van der Waals surface area contributed by atoms with Crippen molar-refractivity contribution in [1.29, 1.82) is 0 Å². The van der Waals surface area contributed by atoms with E-state index in [0.717, 1.165) is 13.4 Å². The van der Waals surface area contributed by atoms with Crippen LogP contribution >= 0.6 is 0 Å². The lowest BCUT2D eigenvalue weighted by Crippen LogP contribution is -2.09. The van der Waals surface area contributed by atoms with Gasteiger partial charge in [0.1, 0.15) is 17.8 Å². The maximum absolute atomic E-state index is 14.0. The summed E-state index contributed by atoms with van der Waals surface area (Å²) in [7, 11) is 1.15. The summed E-state index contributed by atoms with van der Waals surface area (Å²) < 4.78 is 23.2. The topological polar surface area (TPSA) is 78.1 Å². The summed E-state index contributed by atoms with van der Waals surface area (Å²) in [5, 5.41) is 3.52. The Morgan fingerprint density at radius 2 is 2.24 bits per heavy atom. The molecule has 0 aliphatic rings. The zero-order valence-electron chi connectivity index (χ0n) is 9.10. The number of aromatic nitrogens is 3. The number of aryl methyl sites for hydroxylation is 1. The third kappa shape index (κ3) is 1.86. The van der Waals surface area contributed by atoms with Crippen molar-refractivity contribution in [2.24, 2.45) is 0 Å². The summed E-state index contributed by atoms with van der Waals surface area (Å²) in [6.45, 7) is 1.61. The Morgan fingerprint density at radius 1 is 1.47 bits per heavy atom. The smallest absolute Gasteiger partial charge is 0.359 e. The minimum absolute atomic E-state index is 0.0425. The fourth-order valence-corrected chi connectivity index (χ4v) is 1.32. The van der Waals surface area contributed by atoms with Crippen LogP contribution < -0.4 is 0 Å². The lowest BCUT2D eigenvalue weighted by atomic mass is 10.1. The molecule has 0 aliphatic carbocycles. The van der Waals surface area contributed by atoms with Crippen molar-refractivity contribution in [3.8, 4) is 11.3 Å². The number of esters is 1. The molecular formula is C10H8FN3O3. The van der Waals surface area contributed by atoms with Gasteiger partial charge in [0.05, 0.1) is 18.9 Å². The highest BCUT2D eigenvalue weighted by Crippen LogP contribution is 2.24. The molecule has 0 atom stereocenters. The number of halogens is 1. The molecule has 0 aromatic carbocycles. The highest BCUT2D eigenvalue weighted by Gasteiger charge is 2.21. The molecule has 2 aromatic heterocycles. The van der Waals surface area contributed by atoms with Gasteiger partial charge in [0, 0.05) is 0 Å². The first-order valence-electron chi connectivity index (χ1n) is 4.65. The Balaban J connectivity index is 2.57. The monoisotopic (exact) mass is 237 g/mol. The molecule has 0 radical (unpaired) electrons. The molecule has 17 heavy (non-hydrogen) atoms. The first-order chi connectivity index (χ1) is 8.15. The van der Waals surface area contributed by atoms with Gasteiger partial charge in [0.15, 0.2) is 11.5 Å². The number of carbonyl (C=O) groups is 1. The Morgan fingerprint density at radius 3 is 2.82 bits per heavy atom. The highest BCUT2D eigenvalue weighted by atomic mass is 19.1. The number of nitrogens with zero attached hydrogens (tertiary/aromatic N) is 3. The molecule has 2 heterocycles. The summed E-state index contributed by atoms with van der Waals surface area (Å²) >= 11 is 0. The van der Waals surface area contributed by atoms with Gasteiger partial charge in [0.2, 0.25) is 0 Å². The molecule has 0 saturated heterocycles. The number of rotatable bonds is 2. The van der Waals surface area contributed by atoms with Gasteiger partial charge >= 0.3 is 5.97 Å². The van der Waals surface area contributed by atoms with Gasteiger partial charge in [-0.05, 0) is 6.92 Å². The Hall–Kier alpha value is -2.31. The van der Waals surface area contributed by atoms with Gasteiger partial charge in [0.25, 0.3) is 0 Å². The Kier molecular flexibility index (Phi) is 2.82. The predicted octanol–water partition coefficient (Wildman–Crippen LogP) is 1.37. The number of ether oxygens (including phenoxy) is 1. The molecule has 0 unspecified atom stereocenters. The van der Waals surface area contributed by atoms with Crippen molar-refractivity contribution < 1.29 is 18.4 Å². The summed E-state index contributed by atoms with van der Waals surface area (Å²) in [5.41, 5.74) is -0.0905. The first-order valence-corrected chi connectivity index (χ1v) is 4.65. The van der Waals surface area contributed by atoms with Crippen LogP contribution in [0, 0.1) is 12.7 Å². The van der Waals surface area contributed by atoms with E-state index in [9.17, 15) is 9.18 Å². The molecule has 6 nitrogen and oxygen atoms in total. The fourth-order valence-electron chi connectivity index (χ4n) is 1.32. The average molecular weight is 237 g/mol. The van der Waals surface area contributed by atoms with Gasteiger partial charge in [-0.25, -0.2) is 19.2 Å². The van der Waals surface area contributed by atoms with Gasteiger partial charge in [-0.2, -0.15) is 0 Å². The normalized spacial score (nSPS) is 10.3. The van der Waals surface area contributed by atoms with Crippen molar-refractivity contribution in [2.75, 3.05) is 7.11 Å². The van der Waals surface area contributed by atoms with Crippen LogP contribution in [0.5, 0.6) is 0 Å². The van der Waals surface area contributed by atoms with E-state index in [1.54, 1.807) is 6.92 Å². The average Bonchev–Trinajstić information content (AvgIpc) is 2.75. The highest BCUT2D eigenvalue weighted by molar-refractivity contribution is 5.88. The van der Waals surface area contributed by atoms with E-state index in [0.29, 0.717) is 11.3 Å². The molecule has 0 aliphatic heterocycles. The van der Waals surface area contributed by atoms with E-state index >= 15 is 0 Å². The first kappa shape index (κ1) is 11.2. The molecule has 0 saturated carbocycles. The summed E-state index contributed by atoms with van der Waals surface area (Å²) in [6, 6.07) is 0. The minimum Gasteiger partial charge on any atom is -0.464 e. The third-order valence-corrected chi connectivity index (χ3v) is 2.17. The quantitative estimate of drug-likeness (QED) is 0.734. The van der Waals surface area contributed by atoms with Crippen LogP contribution in [-0.4, -0.2) is 28.2 Å². The lowest BCUT2D eigenvalue weighted by molar-refractivity contribution is 0.0588. The van der Waals surface area contributed by atoms with Gasteiger partial charge < -0.3 is 9.26 Å². The number of methoxy groups -OCH3 is 1. The van der Waals surface area contributed by atoms with Crippen LogP contribution in [0.15, 0.2) is 17.0 Å². The van der Waals surface area contributed by atoms with Crippen molar-refractivity contribution in [2.45, 2.75) is 6.92 Å². The Bertz CT molecular complexity index is 568. The minimum atomic E-state index is -0.861. The second-order valence-corrected chi connectivity index (χ2v) is 3.17. The van der Waals surface area contributed by atoms with E-state index < -0.39 is 17.5 Å². The van der Waals surface area contributed by atoms with Crippen LogP contribution in [0.1, 0.15) is 16.2 Å². The molecular weight excluding hydrogens is 229 g/mol. The van der Waals surface area contributed by atoms with Gasteiger partial charge in [-0.1, -0.05) is 5.16 Å². The van der Waals surface area contributed by atoms with E-state index in [1.807, 2.05) is 0 Å². The third-order valence-electron chi connectivity index (χ3n) is 2.17. The Labute approximate surface area is 95.4 Å². The molecule has 88 valence electrons. The SMILES string of the molecule is COC(=O)c1ncnc(-c2cnoc2C)c1F. The number of carbonyl (C=O) groups excluding carboxylic acids is 1. The molecule has 7 heteroatoms. The molecule has 2 rings (SSSR count). The van der Waals surface area contributed by atoms with Gasteiger partial charge in [-0.15, -0.1) is 0 Å². The van der Waals surface area contributed by atoms with Crippen LogP contribution in [-0.2, 0) is 4.74 Å². The van der Waals surface area contributed by atoms with Gasteiger partial charge in [-0.3, -0.25) is 0 Å². The molecule has 0 bridgehead atoms. The maximum atomic E-state index is 14.0. The maximum Gasteiger partial charge on any atom is 0.359 e. The van der Waals surface area contributed by atoms with E-state index in [1.165, 1.54) is 6.20 Å². The predicted molar refractivity (Wildman–Crippen MR) is 53.6 cm³/mol. The zero-order chi connectivity index (χ0) is 12.4. The van der Waals surface area contributed by atoms with Crippen LogP contribution in [0.25, 0.3) is 11.3 Å².